The maximum absolute atomic E-state index is 12.0. The second kappa shape index (κ2) is 7.55. The first kappa shape index (κ1) is 16.6. The van der Waals surface area contributed by atoms with Gasteiger partial charge in [0.15, 0.2) is 0 Å². The number of carbonyl (C=O) groups is 1. The van der Waals surface area contributed by atoms with Crippen LogP contribution in [0.4, 0.5) is 5.13 Å². The largest absolute Gasteiger partial charge is 0.377 e. The molecule has 0 aliphatic heterocycles. The highest BCUT2D eigenvalue weighted by molar-refractivity contribution is 7.15. The van der Waals surface area contributed by atoms with E-state index in [1.807, 2.05) is 19.2 Å². The number of nitrogens with one attached hydrogen (secondary N) is 1. The van der Waals surface area contributed by atoms with Crippen molar-refractivity contribution < 1.29 is 9.53 Å². The predicted molar refractivity (Wildman–Crippen MR) is 95.1 cm³/mol. The third-order valence-corrected chi connectivity index (χ3v) is 4.62. The van der Waals surface area contributed by atoms with Crippen LogP contribution in [0.1, 0.15) is 23.4 Å². The number of ether oxygens (including phenoxy) is 1. The summed E-state index contributed by atoms with van der Waals surface area (Å²) in [5.74, 6) is -0.0321. The second-order valence-corrected chi connectivity index (χ2v) is 6.68. The van der Waals surface area contributed by atoms with Gasteiger partial charge in [0, 0.05) is 37.7 Å². The Balaban J connectivity index is 1.52. The van der Waals surface area contributed by atoms with Crippen LogP contribution in [0.15, 0.2) is 30.5 Å². The Morgan fingerprint density at radius 1 is 1.33 bits per heavy atom. The number of hydrogen-bond acceptors (Lipinski definition) is 5. The minimum atomic E-state index is -0.0321. The molecule has 1 aromatic carbocycles. The van der Waals surface area contributed by atoms with Gasteiger partial charge in [0.1, 0.15) is 11.6 Å². The molecular weight excluding hydrogens is 324 g/mol. The molecule has 3 rings (SSSR count). The SMILES string of the molecule is COCc1nnc(NC(=O)CCCc2cn(C)c3ccccc23)s1. The van der Waals surface area contributed by atoms with Crippen molar-refractivity contribution in [2.24, 2.45) is 7.05 Å². The van der Waals surface area contributed by atoms with E-state index in [4.69, 9.17) is 4.74 Å². The highest BCUT2D eigenvalue weighted by atomic mass is 32.1. The van der Waals surface area contributed by atoms with Gasteiger partial charge >= 0.3 is 0 Å². The van der Waals surface area contributed by atoms with Crippen LogP contribution in [-0.4, -0.2) is 27.8 Å². The molecule has 7 heteroatoms. The summed E-state index contributed by atoms with van der Waals surface area (Å²) in [5.41, 5.74) is 2.50. The number of rotatable bonds is 7. The fraction of sp³-hybridized carbons (Fsp3) is 0.353. The van der Waals surface area contributed by atoms with Crippen molar-refractivity contribution in [2.45, 2.75) is 25.9 Å². The Labute approximate surface area is 144 Å². The zero-order chi connectivity index (χ0) is 16.9. The number of methoxy groups -OCH3 is 1. The van der Waals surface area contributed by atoms with E-state index in [0.717, 1.165) is 17.8 Å². The smallest absolute Gasteiger partial charge is 0.226 e. The molecule has 2 aromatic heterocycles. The lowest BCUT2D eigenvalue weighted by atomic mass is 10.1. The lowest BCUT2D eigenvalue weighted by Crippen LogP contribution is -2.11. The Morgan fingerprint density at radius 3 is 3.00 bits per heavy atom. The van der Waals surface area contributed by atoms with Gasteiger partial charge in [0.05, 0.1) is 0 Å². The maximum atomic E-state index is 12.0. The van der Waals surface area contributed by atoms with Crippen molar-refractivity contribution in [1.29, 1.82) is 0 Å². The first-order valence-electron chi connectivity index (χ1n) is 7.81. The van der Waals surface area contributed by atoms with Crippen LogP contribution in [0, 0.1) is 0 Å². The zero-order valence-electron chi connectivity index (χ0n) is 13.8. The monoisotopic (exact) mass is 344 g/mol. The van der Waals surface area contributed by atoms with Crippen molar-refractivity contribution in [3.05, 3.63) is 41.0 Å². The molecule has 0 aliphatic rings. The molecule has 0 spiro atoms. The summed E-state index contributed by atoms with van der Waals surface area (Å²) in [6, 6.07) is 8.33. The number of amides is 1. The molecular formula is C17H20N4O2S. The van der Waals surface area contributed by atoms with Gasteiger partial charge in [-0.05, 0) is 24.5 Å². The van der Waals surface area contributed by atoms with Crippen LogP contribution >= 0.6 is 11.3 Å². The van der Waals surface area contributed by atoms with Crippen LogP contribution in [0.5, 0.6) is 0 Å². The molecule has 0 bridgehead atoms. The number of carbonyl (C=O) groups excluding carboxylic acids is 1. The van der Waals surface area contributed by atoms with E-state index in [0.29, 0.717) is 18.2 Å². The molecule has 0 saturated heterocycles. The van der Waals surface area contributed by atoms with Crippen LogP contribution in [0.2, 0.25) is 0 Å². The number of anilines is 1. The molecule has 6 nitrogen and oxygen atoms in total. The number of benzene rings is 1. The first-order chi connectivity index (χ1) is 11.7. The number of nitrogens with zero attached hydrogens (tertiary/aromatic N) is 3. The van der Waals surface area contributed by atoms with Gasteiger partial charge < -0.3 is 14.6 Å². The van der Waals surface area contributed by atoms with E-state index in [-0.39, 0.29) is 5.91 Å². The molecule has 1 N–H and O–H groups in total. The van der Waals surface area contributed by atoms with Crippen molar-refractivity contribution in [2.75, 3.05) is 12.4 Å². The first-order valence-corrected chi connectivity index (χ1v) is 8.63. The molecule has 2 heterocycles. The Morgan fingerprint density at radius 2 is 2.17 bits per heavy atom. The molecule has 126 valence electrons. The lowest BCUT2D eigenvalue weighted by Gasteiger charge is -2.01. The van der Waals surface area contributed by atoms with E-state index in [2.05, 4.69) is 38.4 Å². The molecule has 0 radical (unpaired) electrons. The molecule has 24 heavy (non-hydrogen) atoms. The number of aryl methyl sites for hydroxylation is 2. The number of aromatic nitrogens is 3. The highest BCUT2D eigenvalue weighted by Gasteiger charge is 2.10. The van der Waals surface area contributed by atoms with Crippen LogP contribution in [-0.2, 0) is 29.6 Å². The fourth-order valence-corrected chi connectivity index (χ4v) is 3.46. The minimum absolute atomic E-state index is 0.0321. The van der Waals surface area contributed by atoms with E-state index in [1.54, 1.807) is 7.11 Å². The summed E-state index contributed by atoms with van der Waals surface area (Å²) in [7, 11) is 3.65. The van der Waals surface area contributed by atoms with E-state index in [1.165, 1.54) is 27.8 Å². The summed E-state index contributed by atoms with van der Waals surface area (Å²) in [4.78, 5) is 12.0. The maximum Gasteiger partial charge on any atom is 0.226 e. The van der Waals surface area contributed by atoms with Gasteiger partial charge in [0.2, 0.25) is 11.0 Å². The summed E-state index contributed by atoms with van der Waals surface area (Å²) in [6.45, 7) is 0.411. The van der Waals surface area contributed by atoms with Gasteiger partial charge in [-0.2, -0.15) is 0 Å². The minimum Gasteiger partial charge on any atom is -0.377 e. The quantitative estimate of drug-likeness (QED) is 0.715. The van der Waals surface area contributed by atoms with Crippen molar-refractivity contribution >= 4 is 33.3 Å². The summed E-state index contributed by atoms with van der Waals surface area (Å²) < 4.78 is 7.12. The third-order valence-electron chi connectivity index (χ3n) is 3.81. The molecule has 3 aromatic rings. The lowest BCUT2D eigenvalue weighted by molar-refractivity contribution is -0.116. The summed E-state index contributed by atoms with van der Waals surface area (Å²) in [5, 5.41) is 13.2. The molecule has 1 amide bonds. The number of para-hydroxylation sites is 1. The molecule has 0 fully saturated rings. The fourth-order valence-electron chi connectivity index (χ4n) is 2.73. The van der Waals surface area contributed by atoms with E-state index < -0.39 is 0 Å². The van der Waals surface area contributed by atoms with Crippen LogP contribution < -0.4 is 5.32 Å². The van der Waals surface area contributed by atoms with Crippen LogP contribution in [0.3, 0.4) is 0 Å². The third kappa shape index (κ3) is 3.80. The van der Waals surface area contributed by atoms with Crippen molar-refractivity contribution in [3.8, 4) is 0 Å². The Hall–Kier alpha value is -2.25. The van der Waals surface area contributed by atoms with Crippen molar-refractivity contribution in [1.82, 2.24) is 14.8 Å². The van der Waals surface area contributed by atoms with Gasteiger partial charge in [0.25, 0.3) is 0 Å². The topological polar surface area (TPSA) is 69.0 Å². The van der Waals surface area contributed by atoms with Crippen molar-refractivity contribution in [3.63, 3.8) is 0 Å². The van der Waals surface area contributed by atoms with E-state index >= 15 is 0 Å². The second-order valence-electron chi connectivity index (χ2n) is 5.62. The normalized spacial score (nSPS) is 11.1. The van der Waals surface area contributed by atoms with E-state index in [9.17, 15) is 4.79 Å². The standard InChI is InChI=1S/C17H20N4O2S/c1-21-10-12(13-7-3-4-8-14(13)21)6-5-9-15(22)18-17-20-19-16(24-17)11-23-2/h3-4,7-8,10H,5-6,9,11H2,1-2H3,(H,18,20,22). The predicted octanol–water partition coefficient (Wildman–Crippen LogP) is 3.14. The average Bonchev–Trinajstić information content (AvgIpc) is 3.13. The highest BCUT2D eigenvalue weighted by Crippen LogP contribution is 2.22. The van der Waals surface area contributed by atoms with Gasteiger partial charge in [-0.3, -0.25) is 4.79 Å². The Bertz CT molecular complexity index is 840. The van der Waals surface area contributed by atoms with Crippen LogP contribution in [0.25, 0.3) is 10.9 Å². The van der Waals surface area contributed by atoms with Gasteiger partial charge in [-0.1, -0.05) is 29.5 Å². The van der Waals surface area contributed by atoms with Gasteiger partial charge in [-0.15, -0.1) is 10.2 Å². The Kier molecular flexibility index (Phi) is 5.22. The number of hydrogen-bond donors (Lipinski definition) is 1. The van der Waals surface area contributed by atoms with Gasteiger partial charge in [-0.25, -0.2) is 0 Å². The zero-order valence-corrected chi connectivity index (χ0v) is 14.6. The molecule has 0 atom stereocenters. The molecule has 0 saturated carbocycles. The number of fused-ring (bicyclic) bond motifs is 1. The molecule has 0 aliphatic carbocycles. The molecule has 0 unspecified atom stereocenters. The summed E-state index contributed by atoms with van der Waals surface area (Å²) >= 11 is 1.34. The average molecular weight is 344 g/mol. The summed E-state index contributed by atoms with van der Waals surface area (Å²) in [6.07, 6.45) is 4.27.